The molecule has 3 rings (SSSR count). The standard InChI is InChI=1S/C15H20BrN/c1-10(11-5-6-11)9-17-15-8-7-12-13(15)3-2-4-14(12)16/h2-4,10-11,15,17H,5-9H2,1H3. The first kappa shape index (κ1) is 11.7. The van der Waals surface area contributed by atoms with Crippen LogP contribution in [0, 0.1) is 11.8 Å². The Balaban J connectivity index is 1.65. The van der Waals surface area contributed by atoms with Gasteiger partial charge in [-0.05, 0) is 61.3 Å². The Kier molecular flexibility index (Phi) is 3.27. The molecule has 92 valence electrons. The van der Waals surface area contributed by atoms with Crippen LogP contribution < -0.4 is 5.32 Å². The van der Waals surface area contributed by atoms with Gasteiger partial charge in [-0.1, -0.05) is 35.0 Å². The van der Waals surface area contributed by atoms with E-state index in [0.29, 0.717) is 6.04 Å². The Labute approximate surface area is 112 Å². The molecule has 0 aromatic heterocycles. The molecule has 1 fully saturated rings. The number of nitrogens with one attached hydrogen (secondary N) is 1. The van der Waals surface area contributed by atoms with Crippen LogP contribution in [0.4, 0.5) is 0 Å². The molecule has 1 aromatic rings. The van der Waals surface area contributed by atoms with Crippen LogP contribution in [0.15, 0.2) is 22.7 Å². The van der Waals surface area contributed by atoms with Gasteiger partial charge in [-0.25, -0.2) is 0 Å². The SMILES string of the molecule is CC(CNC1CCc2c(Br)cccc21)C1CC1. The summed E-state index contributed by atoms with van der Waals surface area (Å²) in [6.07, 6.45) is 5.38. The second kappa shape index (κ2) is 4.74. The van der Waals surface area contributed by atoms with Gasteiger partial charge in [0.15, 0.2) is 0 Å². The molecule has 1 nitrogen and oxygen atoms in total. The Morgan fingerprint density at radius 3 is 2.94 bits per heavy atom. The third-order valence-electron chi connectivity index (χ3n) is 4.33. The van der Waals surface area contributed by atoms with E-state index in [-0.39, 0.29) is 0 Å². The zero-order chi connectivity index (χ0) is 11.8. The number of hydrogen-bond donors (Lipinski definition) is 1. The summed E-state index contributed by atoms with van der Waals surface area (Å²) in [5.74, 6) is 1.86. The number of hydrogen-bond acceptors (Lipinski definition) is 1. The van der Waals surface area contributed by atoms with Gasteiger partial charge in [0.05, 0.1) is 0 Å². The molecule has 1 saturated carbocycles. The van der Waals surface area contributed by atoms with Crippen molar-refractivity contribution in [2.24, 2.45) is 11.8 Å². The average Bonchev–Trinajstić information content (AvgIpc) is 3.08. The van der Waals surface area contributed by atoms with E-state index < -0.39 is 0 Å². The highest BCUT2D eigenvalue weighted by atomic mass is 79.9. The van der Waals surface area contributed by atoms with E-state index in [1.54, 1.807) is 0 Å². The maximum Gasteiger partial charge on any atom is 0.0326 e. The molecule has 0 aliphatic heterocycles. The first-order chi connectivity index (χ1) is 8.25. The van der Waals surface area contributed by atoms with E-state index in [2.05, 4.69) is 46.4 Å². The van der Waals surface area contributed by atoms with E-state index in [1.807, 2.05) is 0 Å². The molecule has 1 aromatic carbocycles. The summed E-state index contributed by atoms with van der Waals surface area (Å²) in [7, 11) is 0. The fourth-order valence-corrected chi connectivity index (χ4v) is 3.56. The smallest absolute Gasteiger partial charge is 0.0326 e. The second-order valence-electron chi connectivity index (χ2n) is 5.62. The fraction of sp³-hybridized carbons (Fsp3) is 0.600. The van der Waals surface area contributed by atoms with Crippen molar-refractivity contribution in [1.82, 2.24) is 5.32 Å². The molecule has 1 N–H and O–H groups in total. The predicted molar refractivity (Wildman–Crippen MR) is 75.1 cm³/mol. The summed E-state index contributed by atoms with van der Waals surface area (Å²) in [5.41, 5.74) is 3.03. The van der Waals surface area contributed by atoms with Crippen molar-refractivity contribution in [1.29, 1.82) is 0 Å². The van der Waals surface area contributed by atoms with E-state index >= 15 is 0 Å². The number of benzene rings is 1. The van der Waals surface area contributed by atoms with Crippen LogP contribution >= 0.6 is 15.9 Å². The molecule has 2 unspecified atom stereocenters. The van der Waals surface area contributed by atoms with Gasteiger partial charge in [0.1, 0.15) is 0 Å². The van der Waals surface area contributed by atoms with Crippen LogP contribution in [0.3, 0.4) is 0 Å². The normalized spacial score (nSPS) is 24.7. The van der Waals surface area contributed by atoms with Gasteiger partial charge in [0.25, 0.3) is 0 Å². The van der Waals surface area contributed by atoms with Crippen LogP contribution in [0.2, 0.25) is 0 Å². The minimum Gasteiger partial charge on any atom is -0.310 e. The maximum absolute atomic E-state index is 3.77. The number of fused-ring (bicyclic) bond motifs is 1. The third-order valence-corrected chi connectivity index (χ3v) is 5.07. The summed E-state index contributed by atoms with van der Waals surface area (Å²) < 4.78 is 1.29. The van der Waals surface area contributed by atoms with Crippen LogP contribution in [0.25, 0.3) is 0 Å². The molecular weight excluding hydrogens is 274 g/mol. The lowest BCUT2D eigenvalue weighted by Crippen LogP contribution is -2.25. The minimum absolute atomic E-state index is 0.587. The van der Waals surface area contributed by atoms with Gasteiger partial charge < -0.3 is 5.32 Å². The van der Waals surface area contributed by atoms with Crippen LogP contribution in [-0.2, 0) is 6.42 Å². The van der Waals surface area contributed by atoms with Crippen molar-refractivity contribution in [3.63, 3.8) is 0 Å². The van der Waals surface area contributed by atoms with Gasteiger partial charge in [-0.2, -0.15) is 0 Å². The quantitative estimate of drug-likeness (QED) is 0.882. The van der Waals surface area contributed by atoms with Gasteiger partial charge in [-0.15, -0.1) is 0 Å². The predicted octanol–water partition coefficient (Wildman–Crippen LogP) is 4.07. The van der Waals surface area contributed by atoms with Crippen molar-refractivity contribution >= 4 is 15.9 Å². The molecule has 2 heteroatoms. The second-order valence-corrected chi connectivity index (χ2v) is 6.48. The van der Waals surface area contributed by atoms with E-state index in [4.69, 9.17) is 0 Å². The van der Waals surface area contributed by atoms with Gasteiger partial charge in [-0.3, -0.25) is 0 Å². The Morgan fingerprint density at radius 1 is 1.35 bits per heavy atom. The van der Waals surface area contributed by atoms with Gasteiger partial charge in [0.2, 0.25) is 0 Å². The van der Waals surface area contributed by atoms with E-state index in [9.17, 15) is 0 Å². The molecule has 0 amide bonds. The molecule has 17 heavy (non-hydrogen) atoms. The van der Waals surface area contributed by atoms with Crippen LogP contribution in [-0.4, -0.2) is 6.54 Å². The van der Waals surface area contributed by atoms with Crippen molar-refractivity contribution in [3.05, 3.63) is 33.8 Å². The zero-order valence-corrected chi connectivity index (χ0v) is 12.0. The summed E-state index contributed by atoms with van der Waals surface area (Å²) in [6, 6.07) is 7.19. The molecule has 2 aliphatic rings. The molecular formula is C15H20BrN. The zero-order valence-electron chi connectivity index (χ0n) is 10.4. The summed E-state index contributed by atoms with van der Waals surface area (Å²) >= 11 is 3.66. The highest BCUT2D eigenvalue weighted by Gasteiger charge is 2.29. The minimum atomic E-state index is 0.587. The molecule has 0 bridgehead atoms. The Morgan fingerprint density at radius 2 is 2.18 bits per heavy atom. The third kappa shape index (κ3) is 2.43. The first-order valence-electron chi connectivity index (χ1n) is 6.76. The summed E-state index contributed by atoms with van der Waals surface area (Å²) in [4.78, 5) is 0. The van der Waals surface area contributed by atoms with E-state index in [0.717, 1.165) is 11.8 Å². The molecule has 2 atom stereocenters. The van der Waals surface area contributed by atoms with E-state index in [1.165, 1.54) is 47.8 Å². The molecule has 0 spiro atoms. The Bertz CT molecular complexity index is 411. The van der Waals surface area contributed by atoms with Crippen molar-refractivity contribution in [2.75, 3.05) is 6.54 Å². The number of halogens is 1. The van der Waals surface area contributed by atoms with Crippen LogP contribution in [0.1, 0.15) is 43.4 Å². The largest absolute Gasteiger partial charge is 0.310 e. The van der Waals surface area contributed by atoms with Crippen LogP contribution in [0.5, 0.6) is 0 Å². The summed E-state index contributed by atoms with van der Waals surface area (Å²) in [6.45, 7) is 3.57. The molecule has 0 saturated heterocycles. The Hall–Kier alpha value is -0.340. The van der Waals surface area contributed by atoms with Crippen molar-refractivity contribution in [3.8, 4) is 0 Å². The van der Waals surface area contributed by atoms with Gasteiger partial charge in [0, 0.05) is 10.5 Å². The lowest BCUT2D eigenvalue weighted by molar-refractivity contribution is 0.418. The lowest BCUT2D eigenvalue weighted by Gasteiger charge is -2.18. The highest BCUT2D eigenvalue weighted by molar-refractivity contribution is 9.10. The fourth-order valence-electron chi connectivity index (χ4n) is 2.98. The highest BCUT2D eigenvalue weighted by Crippen LogP contribution is 2.38. The summed E-state index contributed by atoms with van der Waals surface area (Å²) in [5, 5.41) is 3.77. The molecule has 0 heterocycles. The lowest BCUT2D eigenvalue weighted by atomic mass is 10.0. The maximum atomic E-state index is 3.77. The molecule has 0 radical (unpaired) electrons. The average molecular weight is 294 g/mol. The first-order valence-corrected chi connectivity index (χ1v) is 7.55. The molecule has 2 aliphatic carbocycles. The van der Waals surface area contributed by atoms with Gasteiger partial charge >= 0.3 is 0 Å². The number of rotatable bonds is 4. The topological polar surface area (TPSA) is 12.0 Å². The van der Waals surface area contributed by atoms with Crippen molar-refractivity contribution in [2.45, 2.75) is 38.6 Å². The van der Waals surface area contributed by atoms with Crippen molar-refractivity contribution < 1.29 is 0 Å². The monoisotopic (exact) mass is 293 g/mol.